The molecule has 0 aliphatic heterocycles. The Morgan fingerprint density at radius 1 is 0.951 bits per heavy atom. The standard InChI is InChI=1S/C36H43N3O2/c1-24-21-25(2)37-35-33(24)30-15-7-4-8-16-32(30)39(35)22-26-17-19-29(20-18-26)34(28-13-9-10-14-28)36(41)38-31(23-40)27-11-5-3-6-12-27/h3,5-6,11-12,17-21,28,31,34,40H,4,7-10,13-16,22-23H2,1-2H3,(H,38,41)/t31-,34?/m0/s1. The van der Waals surface area contributed by atoms with E-state index in [0.717, 1.165) is 54.7 Å². The second kappa shape index (κ2) is 12.2. The molecule has 5 nitrogen and oxygen atoms in total. The van der Waals surface area contributed by atoms with Gasteiger partial charge in [0.2, 0.25) is 5.91 Å². The zero-order valence-corrected chi connectivity index (χ0v) is 24.5. The number of benzene rings is 2. The van der Waals surface area contributed by atoms with Crippen LogP contribution >= 0.6 is 0 Å². The molecule has 6 rings (SSSR count). The zero-order chi connectivity index (χ0) is 28.3. The Hall–Kier alpha value is -3.44. The van der Waals surface area contributed by atoms with E-state index >= 15 is 0 Å². The van der Waals surface area contributed by atoms with Gasteiger partial charge in [-0.2, -0.15) is 0 Å². The minimum Gasteiger partial charge on any atom is -0.394 e. The maximum absolute atomic E-state index is 13.8. The Balaban J connectivity index is 1.29. The number of aryl methyl sites for hydroxylation is 3. The van der Waals surface area contributed by atoms with Crippen LogP contribution in [0.4, 0.5) is 0 Å². The van der Waals surface area contributed by atoms with Crippen LogP contribution < -0.4 is 5.32 Å². The van der Waals surface area contributed by atoms with Gasteiger partial charge in [-0.25, -0.2) is 4.98 Å². The van der Waals surface area contributed by atoms with E-state index in [4.69, 9.17) is 4.98 Å². The fraction of sp³-hybridized carbons (Fsp3) is 0.444. The molecule has 1 unspecified atom stereocenters. The van der Waals surface area contributed by atoms with E-state index in [-0.39, 0.29) is 18.4 Å². The molecule has 2 N–H and O–H groups in total. The number of fused-ring (bicyclic) bond motifs is 3. The molecular formula is C36H43N3O2. The summed E-state index contributed by atoms with van der Waals surface area (Å²) < 4.78 is 2.47. The number of rotatable bonds is 8. The fourth-order valence-electron chi connectivity index (χ4n) is 7.44. The highest BCUT2D eigenvalue weighted by Crippen LogP contribution is 2.39. The molecule has 1 saturated carbocycles. The first-order valence-corrected chi connectivity index (χ1v) is 15.6. The van der Waals surface area contributed by atoms with Gasteiger partial charge in [0, 0.05) is 23.3 Å². The largest absolute Gasteiger partial charge is 0.394 e. The van der Waals surface area contributed by atoms with Gasteiger partial charge in [-0.15, -0.1) is 0 Å². The lowest BCUT2D eigenvalue weighted by atomic mass is 9.83. The monoisotopic (exact) mass is 549 g/mol. The average molecular weight is 550 g/mol. The van der Waals surface area contributed by atoms with Gasteiger partial charge in [-0.05, 0) is 92.2 Å². The fourth-order valence-corrected chi connectivity index (χ4v) is 7.44. The van der Waals surface area contributed by atoms with Gasteiger partial charge in [0.25, 0.3) is 0 Å². The second-order valence-corrected chi connectivity index (χ2v) is 12.3. The maximum atomic E-state index is 13.8. The quantitative estimate of drug-likeness (QED) is 0.231. The first-order chi connectivity index (χ1) is 20.0. The van der Waals surface area contributed by atoms with Crippen molar-refractivity contribution in [2.24, 2.45) is 5.92 Å². The van der Waals surface area contributed by atoms with E-state index in [1.54, 1.807) is 0 Å². The Morgan fingerprint density at radius 3 is 2.41 bits per heavy atom. The van der Waals surface area contributed by atoms with Crippen LogP contribution in [0.5, 0.6) is 0 Å². The molecule has 5 heteroatoms. The highest BCUT2D eigenvalue weighted by Gasteiger charge is 2.33. The predicted molar refractivity (Wildman–Crippen MR) is 165 cm³/mol. The van der Waals surface area contributed by atoms with Crippen LogP contribution in [0.2, 0.25) is 0 Å². The summed E-state index contributed by atoms with van der Waals surface area (Å²) in [4.78, 5) is 18.8. The van der Waals surface area contributed by atoms with Crippen molar-refractivity contribution < 1.29 is 9.90 Å². The molecule has 214 valence electrons. The molecular weight excluding hydrogens is 506 g/mol. The van der Waals surface area contributed by atoms with E-state index < -0.39 is 6.04 Å². The van der Waals surface area contributed by atoms with Gasteiger partial charge in [-0.3, -0.25) is 4.79 Å². The SMILES string of the molecule is Cc1cc(C)c2c3c(n(Cc4ccc(C(C(=O)N[C@@H](CO)c5ccccc5)C5CCCC5)cc4)c2n1)CCCCC3. The summed E-state index contributed by atoms with van der Waals surface area (Å²) in [7, 11) is 0. The minimum absolute atomic E-state index is 0.0180. The van der Waals surface area contributed by atoms with E-state index in [9.17, 15) is 9.90 Å². The second-order valence-electron chi connectivity index (χ2n) is 12.3. The number of aliphatic hydroxyl groups excluding tert-OH is 1. The third-order valence-corrected chi connectivity index (χ3v) is 9.43. The first-order valence-electron chi connectivity index (χ1n) is 15.6. The molecule has 0 saturated heterocycles. The van der Waals surface area contributed by atoms with Gasteiger partial charge in [-0.1, -0.05) is 73.9 Å². The summed E-state index contributed by atoms with van der Waals surface area (Å²) in [5, 5.41) is 14.6. The van der Waals surface area contributed by atoms with Crippen LogP contribution in [0.1, 0.15) is 96.1 Å². The molecule has 0 radical (unpaired) electrons. The molecule has 0 spiro atoms. The van der Waals surface area contributed by atoms with Crippen molar-refractivity contribution in [1.29, 1.82) is 0 Å². The van der Waals surface area contributed by atoms with Crippen LogP contribution in [-0.4, -0.2) is 27.2 Å². The topological polar surface area (TPSA) is 67.2 Å². The number of nitrogens with one attached hydrogen (secondary N) is 1. The normalized spacial score (nSPS) is 17.2. The summed E-state index contributed by atoms with van der Waals surface area (Å²) in [6.45, 7) is 5.00. The third kappa shape index (κ3) is 5.70. The van der Waals surface area contributed by atoms with E-state index in [1.165, 1.54) is 59.9 Å². The summed E-state index contributed by atoms with van der Waals surface area (Å²) in [6.07, 6.45) is 10.5. The maximum Gasteiger partial charge on any atom is 0.228 e. The van der Waals surface area contributed by atoms with Crippen molar-refractivity contribution in [3.63, 3.8) is 0 Å². The molecule has 2 aromatic heterocycles. The number of aliphatic hydroxyl groups is 1. The lowest BCUT2D eigenvalue weighted by Crippen LogP contribution is -2.37. The highest BCUT2D eigenvalue weighted by molar-refractivity contribution is 5.86. The average Bonchev–Trinajstić information content (AvgIpc) is 3.52. The van der Waals surface area contributed by atoms with Crippen LogP contribution in [0.25, 0.3) is 11.0 Å². The van der Waals surface area contributed by atoms with Gasteiger partial charge in [0.05, 0.1) is 18.6 Å². The number of carbonyl (C=O) groups is 1. The molecule has 41 heavy (non-hydrogen) atoms. The smallest absolute Gasteiger partial charge is 0.228 e. The molecule has 1 fully saturated rings. The van der Waals surface area contributed by atoms with Gasteiger partial charge in [0.15, 0.2) is 0 Å². The third-order valence-electron chi connectivity index (χ3n) is 9.43. The van der Waals surface area contributed by atoms with Crippen molar-refractivity contribution in [3.8, 4) is 0 Å². The highest BCUT2D eigenvalue weighted by atomic mass is 16.3. The molecule has 1 amide bonds. The first kappa shape index (κ1) is 27.7. The molecule has 2 aliphatic rings. The number of hydrogen-bond donors (Lipinski definition) is 2. The molecule has 4 aromatic rings. The summed E-state index contributed by atoms with van der Waals surface area (Å²) in [5.74, 6) is 0.139. The van der Waals surface area contributed by atoms with Crippen LogP contribution in [0.3, 0.4) is 0 Å². The number of pyridine rings is 1. The number of amides is 1. The van der Waals surface area contributed by atoms with E-state index in [2.05, 4.69) is 54.1 Å². The van der Waals surface area contributed by atoms with Gasteiger partial charge < -0.3 is 15.0 Å². The van der Waals surface area contributed by atoms with Crippen molar-refractivity contribution in [1.82, 2.24) is 14.9 Å². The summed E-state index contributed by atoms with van der Waals surface area (Å²) >= 11 is 0. The van der Waals surface area contributed by atoms with Crippen molar-refractivity contribution in [2.45, 2.75) is 90.1 Å². The van der Waals surface area contributed by atoms with Gasteiger partial charge in [0.1, 0.15) is 5.65 Å². The summed E-state index contributed by atoms with van der Waals surface area (Å²) in [6, 6.07) is 20.4. The Morgan fingerprint density at radius 2 is 1.68 bits per heavy atom. The summed E-state index contributed by atoms with van der Waals surface area (Å²) in [5.41, 5.74) is 9.74. The zero-order valence-electron chi connectivity index (χ0n) is 24.5. The molecule has 2 aliphatic carbocycles. The van der Waals surface area contributed by atoms with Crippen molar-refractivity contribution in [2.75, 3.05) is 6.61 Å². The van der Waals surface area contributed by atoms with Crippen molar-refractivity contribution >= 4 is 16.9 Å². The number of carbonyl (C=O) groups excluding carboxylic acids is 1. The van der Waals surface area contributed by atoms with Crippen LogP contribution in [0, 0.1) is 19.8 Å². The number of hydrogen-bond acceptors (Lipinski definition) is 3. The Labute approximate surface area is 244 Å². The molecule has 2 heterocycles. The number of nitrogens with zero attached hydrogens (tertiary/aromatic N) is 2. The Bertz CT molecular complexity index is 1500. The van der Waals surface area contributed by atoms with Gasteiger partial charge >= 0.3 is 0 Å². The molecule has 2 aromatic carbocycles. The van der Waals surface area contributed by atoms with Crippen molar-refractivity contribution in [3.05, 3.63) is 99.9 Å². The van der Waals surface area contributed by atoms with Crippen LogP contribution in [0.15, 0.2) is 60.7 Å². The lowest BCUT2D eigenvalue weighted by Gasteiger charge is -2.26. The number of aromatic nitrogens is 2. The molecule has 0 bridgehead atoms. The minimum atomic E-state index is -0.399. The van der Waals surface area contributed by atoms with E-state index in [1.807, 2.05) is 30.3 Å². The molecule has 2 atom stereocenters. The lowest BCUT2D eigenvalue weighted by molar-refractivity contribution is -0.124. The Kier molecular flexibility index (Phi) is 8.25. The predicted octanol–water partition coefficient (Wildman–Crippen LogP) is 7.09. The van der Waals surface area contributed by atoms with E-state index in [0.29, 0.717) is 5.92 Å². The van der Waals surface area contributed by atoms with Crippen LogP contribution in [-0.2, 0) is 24.2 Å².